The van der Waals surface area contributed by atoms with E-state index in [1.54, 1.807) is 4.57 Å². The van der Waals surface area contributed by atoms with E-state index in [0.717, 1.165) is 43.4 Å². The number of carboxylic acid groups (broad SMARTS) is 1. The molecule has 0 radical (unpaired) electrons. The fraction of sp³-hybridized carbons (Fsp3) is 0.412. The Morgan fingerprint density at radius 2 is 2.09 bits per heavy atom. The van der Waals surface area contributed by atoms with Crippen LogP contribution in [-0.2, 0) is 0 Å². The number of benzene rings is 1. The van der Waals surface area contributed by atoms with Crippen LogP contribution in [0.5, 0.6) is 5.75 Å². The second-order valence-corrected chi connectivity index (χ2v) is 6.79. The first-order valence-corrected chi connectivity index (χ1v) is 8.32. The summed E-state index contributed by atoms with van der Waals surface area (Å²) in [7, 11) is 0. The van der Waals surface area contributed by atoms with Crippen molar-refractivity contribution in [1.29, 1.82) is 0 Å². The lowest BCUT2D eigenvalue weighted by Crippen LogP contribution is -2.40. The third-order valence-corrected chi connectivity index (χ3v) is 5.34. The van der Waals surface area contributed by atoms with Gasteiger partial charge in [-0.15, -0.1) is 0 Å². The van der Waals surface area contributed by atoms with Crippen LogP contribution in [0.25, 0.3) is 0 Å². The number of carboxylic acids is 1. The molecule has 0 bridgehead atoms. The minimum Gasteiger partial charge on any atom is -0.487 e. The summed E-state index contributed by atoms with van der Waals surface area (Å²) < 4.78 is 8.52. The number of aromatic amines is 1. The van der Waals surface area contributed by atoms with Gasteiger partial charge in [0.2, 0.25) is 0 Å². The van der Waals surface area contributed by atoms with Gasteiger partial charge in [0.15, 0.2) is 4.77 Å². The Kier molecular flexibility index (Phi) is 3.30. The van der Waals surface area contributed by atoms with Gasteiger partial charge in [-0.2, -0.15) is 0 Å². The Morgan fingerprint density at radius 1 is 1.35 bits per heavy atom. The second kappa shape index (κ2) is 5.23. The highest BCUT2D eigenvalue weighted by Gasteiger charge is 2.44. The highest BCUT2D eigenvalue weighted by molar-refractivity contribution is 7.71. The van der Waals surface area contributed by atoms with Gasteiger partial charge in [-0.05, 0) is 44.0 Å². The molecule has 6 heteroatoms. The molecule has 0 amide bonds. The number of para-hydroxylation sites is 1. The zero-order valence-electron chi connectivity index (χ0n) is 12.6. The monoisotopic (exact) mass is 330 g/mol. The molecule has 4 rings (SSSR count). The number of nitrogens with one attached hydrogen (secondary N) is 1. The van der Waals surface area contributed by atoms with Crippen LogP contribution in [-0.4, -0.2) is 26.2 Å². The maximum Gasteiger partial charge on any atom is 0.354 e. The van der Waals surface area contributed by atoms with E-state index in [1.807, 2.05) is 24.3 Å². The van der Waals surface area contributed by atoms with Crippen LogP contribution < -0.4 is 4.74 Å². The molecule has 1 spiro atoms. The molecule has 1 fully saturated rings. The fourth-order valence-electron chi connectivity index (χ4n) is 3.99. The molecule has 0 saturated heterocycles. The number of aromatic carboxylic acids is 1. The van der Waals surface area contributed by atoms with Crippen molar-refractivity contribution in [1.82, 2.24) is 9.55 Å². The molecule has 2 aromatic rings. The van der Waals surface area contributed by atoms with E-state index < -0.39 is 5.97 Å². The van der Waals surface area contributed by atoms with Crippen molar-refractivity contribution in [3.05, 3.63) is 46.5 Å². The molecule has 1 aliphatic heterocycles. The van der Waals surface area contributed by atoms with Gasteiger partial charge in [-0.3, -0.25) is 0 Å². The molecule has 23 heavy (non-hydrogen) atoms. The number of hydrogen-bond acceptors (Lipinski definition) is 3. The quantitative estimate of drug-likeness (QED) is 0.819. The predicted molar refractivity (Wildman–Crippen MR) is 87.6 cm³/mol. The van der Waals surface area contributed by atoms with Crippen LogP contribution in [0.2, 0.25) is 0 Å². The molecule has 1 aliphatic carbocycles. The predicted octanol–water partition coefficient (Wildman–Crippen LogP) is 3.93. The summed E-state index contributed by atoms with van der Waals surface area (Å²) in [4.78, 5) is 14.5. The smallest absolute Gasteiger partial charge is 0.354 e. The van der Waals surface area contributed by atoms with Crippen molar-refractivity contribution < 1.29 is 14.6 Å². The lowest BCUT2D eigenvalue weighted by molar-refractivity contribution is 0.0360. The molecular weight excluding hydrogens is 312 g/mol. The van der Waals surface area contributed by atoms with E-state index in [4.69, 9.17) is 17.0 Å². The maximum absolute atomic E-state index is 11.6. The lowest BCUT2D eigenvalue weighted by Gasteiger charge is -2.40. The average molecular weight is 330 g/mol. The third-order valence-electron chi connectivity index (χ3n) is 5.03. The molecule has 1 unspecified atom stereocenters. The van der Waals surface area contributed by atoms with Gasteiger partial charge in [0.1, 0.15) is 17.0 Å². The first-order chi connectivity index (χ1) is 11.1. The van der Waals surface area contributed by atoms with Gasteiger partial charge >= 0.3 is 5.97 Å². The van der Waals surface area contributed by atoms with Crippen LogP contribution in [0.3, 0.4) is 0 Å². The normalized spacial score (nSPS) is 21.8. The standard InChI is InChI=1S/C17H18N2O3S/c20-15(21)13-10-18-16(23)19(13)12-9-17(7-3-4-8-17)22-14-6-2-1-5-11(12)14/h1-2,5-6,10,12H,3-4,7-9H2,(H,18,23)(H,20,21). The van der Waals surface area contributed by atoms with E-state index in [-0.39, 0.29) is 17.3 Å². The summed E-state index contributed by atoms with van der Waals surface area (Å²) in [6.45, 7) is 0. The minimum atomic E-state index is -0.971. The van der Waals surface area contributed by atoms with E-state index in [2.05, 4.69) is 4.98 Å². The summed E-state index contributed by atoms with van der Waals surface area (Å²) in [5, 5.41) is 9.50. The average Bonchev–Trinajstić information content (AvgIpc) is 3.13. The molecule has 2 aliphatic rings. The number of fused-ring (bicyclic) bond motifs is 1. The highest BCUT2D eigenvalue weighted by atomic mass is 32.1. The Hall–Kier alpha value is -2.08. The number of imidazole rings is 1. The van der Waals surface area contributed by atoms with E-state index in [9.17, 15) is 9.90 Å². The zero-order valence-corrected chi connectivity index (χ0v) is 13.4. The molecular formula is C17H18N2O3S. The van der Waals surface area contributed by atoms with Gasteiger partial charge < -0.3 is 19.4 Å². The number of aromatic nitrogens is 2. The number of nitrogens with zero attached hydrogens (tertiary/aromatic N) is 1. The van der Waals surface area contributed by atoms with E-state index >= 15 is 0 Å². The molecule has 1 atom stereocenters. The van der Waals surface area contributed by atoms with Gasteiger partial charge in [-0.25, -0.2) is 4.79 Å². The number of ether oxygens (including phenoxy) is 1. The fourth-order valence-corrected chi connectivity index (χ4v) is 4.28. The molecule has 120 valence electrons. The Labute approximate surface area is 138 Å². The van der Waals surface area contributed by atoms with Gasteiger partial charge in [0.25, 0.3) is 0 Å². The number of hydrogen-bond donors (Lipinski definition) is 2. The molecule has 1 saturated carbocycles. The summed E-state index contributed by atoms with van der Waals surface area (Å²) >= 11 is 5.37. The Bertz CT molecular complexity index is 817. The van der Waals surface area contributed by atoms with E-state index in [1.165, 1.54) is 6.20 Å². The van der Waals surface area contributed by atoms with Crippen molar-refractivity contribution in [3.8, 4) is 5.75 Å². The summed E-state index contributed by atoms with van der Waals surface area (Å²) in [5.74, 6) is -0.119. The molecule has 2 N–H and O–H groups in total. The van der Waals surface area contributed by atoms with Crippen LogP contribution in [0, 0.1) is 4.77 Å². The summed E-state index contributed by atoms with van der Waals surface area (Å²) in [6, 6.07) is 7.78. The van der Waals surface area contributed by atoms with Crippen molar-refractivity contribution in [2.45, 2.75) is 43.7 Å². The van der Waals surface area contributed by atoms with Gasteiger partial charge in [0, 0.05) is 18.2 Å². The van der Waals surface area contributed by atoms with Crippen LogP contribution >= 0.6 is 12.2 Å². The van der Waals surface area contributed by atoms with Gasteiger partial charge in [-0.1, -0.05) is 18.2 Å². The second-order valence-electron chi connectivity index (χ2n) is 6.40. The number of rotatable bonds is 2. The first-order valence-electron chi connectivity index (χ1n) is 7.91. The minimum absolute atomic E-state index is 0.108. The topological polar surface area (TPSA) is 67.2 Å². The lowest BCUT2D eigenvalue weighted by atomic mass is 9.85. The maximum atomic E-state index is 11.6. The zero-order chi connectivity index (χ0) is 16.0. The third kappa shape index (κ3) is 2.28. The Morgan fingerprint density at radius 3 is 2.83 bits per heavy atom. The number of carbonyl (C=O) groups is 1. The molecule has 1 aromatic heterocycles. The Balaban J connectivity index is 1.89. The van der Waals surface area contributed by atoms with Crippen LogP contribution in [0.4, 0.5) is 0 Å². The van der Waals surface area contributed by atoms with Crippen molar-refractivity contribution in [2.75, 3.05) is 0 Å². The molecule has 5 nitrogen and oxygen atoms in total. The summed E-state index contributed by atoms with van der Waals surface area (Å²) in [5.41, 5.74) is 1.01. The highest BCUT2D eigenvalue weighted by Crippen LogP contribution is 2.48. The van der Waals surface area contributed by atoms with Crippen LogP contribution in [0.15, 0.2) is 30.5 Å². The number of H-pyrrole nitrogens is 1. The van der Waals surface area contributed by atoms with Crippen molar-refractivity contribution >= 4 is 18.2 Å². The largest absolute Gasteiger partial charge is 0.487 e. The van der Waals surface area contributed by atoms with Gasteiger partial charge in [0.05, 0.1) is 6.04 Å². The van der Waals surface area contributed by atoms with Crippen molar-refractivity contribution in [2.24, 2.45) is 0 Å². The van der Waals surface area contributed by atoms with Crippen LogP contribution in [0.1, 0.15) is 54.2 Å². The first kappa shape index (κ1) is 14.5. The molecule has 2 heterocycles. The SMILES string of the molecule is O=C(O)c1c[nH]c(=S)n1C1CC2(CCCC2)Oc2ccccc21. The van der Waals surface area contributed by atoms with E-state index in [0.29, 0.717) is 4.77 Å². The molecule has 1 aromatic carbocycles. The van der Waals surface area contributed by atoms with Crippen molar-refractivity contribution in [3.63, 3.8) is 0 Å². The summed E-state index contributed by atoms with van der Waals surface area (Å²) in [6.07, 6.45) is 6.56.